The third-order valence-corrected chi connectivity index (χ3v) is 4.29. The Morgan fingerprint density at radius 1 is 0.842 bits per heavy atom. The Kier molecular flexibility index (Phi) is 4.05. The van der Waals surface area contributed by atoms with Crippen molar-refractivity contribution in [1.82, 2.24) is 0 Å². The summed E-state index contributed by atoms with van der Waals surface area (Å²) in [4.78, 5) is 0. The second kappa shape index (κ2) is 5.57. The van der Waals surface area contributed by atoms with Gasteiger partial charge in [-0.05, 0) is 44.0 Å². The van der Waals surface area contributed by atoms with E-state index in [0.717, 1.165) is 11.3 Å². The van der Waals surface area contributed by atoms with E-state index in [0.29, 0.717) is 0 Å². The maximum absolute atomic E-state index is 12.0. The van der Waals surface area contributed by atoms with Crippen LogP contribution < -0.4 is 4.72 Å². The molecule has 100 valence electrons. The Hall–Kier alpha value is -1.61. The van der Waals surface area contributed by atoms with Crippen LogP contribution >= 0.6 is 0 Å². The van der Waals surface area contributed by atoms with Gasteiger partial charge < -0.3 is 4.72 Å². The van der Waals surface area contributed by atoms with Gasteiger partial charge in [0.1, 0.15) is 11.0 Å². The summed E-state index contributed by atoms with van der Waals surface area (Å²) in [5, 5.41) is 0. The van der Waals surface area contributed by atoms with Gasteiger partial charge in [-0.2, -0.15) is 0 Å². The Bertz CT molecular complexity index is 556. The van der Waals surface area contributed by atoms with Crippen LogP contribution in [-0.2, 0) is 11.0 Å². The predicted molar refractivity (Wildman–Crippen MR) is 83.4 cm³/mol. The SMILES string of the molecule is CC(C)(C)[S@@](=O)Nc1ccc(-c2ccccc2)cc1. The molecule has 0 saturated carbocycles. The highest BCUT2D eigenvalue weighted by atomic mass is 32.2. The van der Waals surface area contributed by atoms with E-state index in [2.05, 4.69) is 16.9 Å². The molecule has 0 unspecified atom stereocenters. The van der Waals surface area contributed by atoms with Gasteiger partial charge in [0.05, 0.1) is 4.75 Å². The van der Waals surface area contributed by atoms with Crippen LogP contribution in [-0.4, -0.2) is 8.96 Å². The van der Waals surface area contributed by atoms with Gasteiger partial charge in [-0.25, -0.2) is 4.21 Å². The number of anilines is 1. The minimum Gasteiger partial charge on any atom is -0.305 e. The van der Waals surface area contributed by atoms with Crippen LogP contribution in [0.2, 0.25) is 0 Å². The van der Waals surface area contributed by atoms with Crippen LogP contribution in [0.15, 0.2) is 54.6 Å². The molecule has 0 radical (unpaired) electrons. The summed E-state index contributed by atoms with van der Waals surface area (Å²) in [6.45, 7) is 5.86. The summed E-state index contributed by atoms with van der Waals surface area (Å²) >= 11 is 0. The van der Waals surface area contributed by atoms with Crippen molar-refractivity contribution in [2.24, 2.45) is 0 Å². The maximum Gasteiger partial charge on any atom is 0.122 e. The van der Waals surface area contributed by atoms with E-state index >= 15 is 0 Å². The van der Waals surface area contributed by atoms with Crippen LogP contribution in [0, 0.1) is 0 Å². The van der Waals surface area contributed by atoms with Crippen molar-refractivity contribution < 1.29 is 4.21 Å². The zero-order chi connectivity index (χ0) is 13.9. The second-order valence-corrected chi connectivity index (χ2v) is 7.39. The molecule has 0 bridgehead atoms. The van der Waals surface area contributed by atoms with E-state index in [1.54, 1.807) is 0 Å². The summed E-state index contributed by atoms with van der Waals surface area (Å²) in [5.41, 5.74) is 3.23. The molecule has 3 heteroatoms. The lowest BCUT2D eigenvalue weighted by Crippen LogP contribution is -2.27. The Labute approximate surface area is 117 Å². The molecule has 2 rings (SSSR count). The standard InChI is InChI=1S/C16H19NOS/c1-16(2,3)19(18)17-15-11-9-14(10-12-15)13-7-5-4-6-8-13/h4-12,17H,1-3H3/t19-/m1/s1. The lowest BCUT2D eigenvalue weighted by atomic mass is 10.1. The number of nitrogens with one attached hydrogen (secondary N) is 1. The van der Waals surface area contributed by atoms with Gasteiger partial charge in [0, 0.05) is 5.69 Å². The molecule has 0 aliphatic rings. The summed E-state index contributed by atoms with van der Waals surface area (Å²) in [5.74, 6) is 0. The molecule has 2 nitrogen and oxygen atoms in total. The van der Waals surface area contributed by atoms with E-state index in [4.69, 9.17) is 0 Å². The lowest BCUT2D eigenvalue weighted by molar-refractivity contribution is 0.653. The Morgan fingerprint density at radius 2 is 1.37 bits per heavy atom. The van der Waals surface area contributed by atoms with Gasteiger partial charge in [-0.3, -0.25) is 0 Å². The van der Waals surface area contributed by atoms with Crippen molar-refractivity contribution >= 4 is 16.7 Å². The van der Waals surface area contributed by atoms with Crippen molar-refractivity contribution in [3.05, 3.63) is 54.6 Å². The Balaban J connectivity index is 2.14. The minimum atomic E-state index is -1.09. The molecule has 0 amide bonds. The largest absolute Gasteiger partial charge is 0.305 e. The third kappa shape index (κ3) is 3.67. The van der Waals surface area contributed by atoms with Gasteiger partial charge in [-0.15, -0.1) is 0 Å². The van der Waals surface area contributed by atoms with Crippen molar-refractivity contribution in [3.8, 4) is 11.1 Å². The summed E-state index contributed by atoms with van der Waals surface area (Å²) in [6.07, 6.45) is 0. The maximum atomic E-state index is 12.0. The highest BCUT2D eigenvalue weighted by molar-refractivity contribution is 7.87. The molecule has 1 N–H and O–H groups in total. The number of hydrogen-bond donors (Lipinski definition) is 1. The molecule has 19 heavy (non-hydrogen) atoms. The quantitative estimate of drug-likeness (QED) is 0.891. The van der Waals surface area contributed by atoms with Crippen LogP contribution in [0.3, 0.4) is 0 Å². The van der Waals surface area contributed by atoms with E-state index in [-0.39, 0.29) is 4.75 Å². The fourth-order valence-electron chi connectivity index (χ4n) is 1.62. The summed E-state index contributed by atoms with van der Waals surface area (Å²) in [6, 6.07) is 18.2. The lowest BCUT2D eigenvalue weighted by Gasteiger charge is -2.18. The zero-order valence-corrected chi connectivity index (χ0v) is 12.3. The first-order chi connectivity index (χ1) is 8.97. The first kappa shape index (κ1) is 13.8. The first-order valence-electron chi connectivity index (χ1n) is 6.31. The van der Waals surface area contributed by atoms with Crippen molar-refractivity contribution in [2.45, 2.75) is 25.5 Å². The molecule has 0 heterocycles. The molecular formula is C16H19NOS. The molecule has 1 atom stereocenters. The van der Waals surface area contributed by atoms with Gasteiger partial charge in [-0.1, -0.05) is 42.5 Å². The summed E-state index contributed by atoms with van der Waals surface area (Å²) in [7, 11) is -1.09. The van der Waals surface area contributed by atoms with Crippen LogP contribution in [0.25, 0.3) is 11.1 Å². The molecule has 2 aromatic carbocycles. The molecule has 0 aliphatic heterocycles. The van der Waals surface area contributed by atoms with Crippen LogP contribution in [0.1, 0.15) is 20.8 Å². The van der Waals surface area contributed by atoms with Crippen molar-refractivity contribution in [3.63, 3.8) is 0 Å². The van der Waals surface area contributed by atoms with E-state index < -0.39 is 11.0 Å². The number of hydrogen-bond acceptors (Lipinski definition) is 1. The van der Waals surface area contributed by atoms with Crippen LogP contribution in [0.5, 0.6) is 0 Å². The zero-order valence-electron chi connectivity index (χ0n) is 11.5. The molecule has 0 saturated heterocycles. The van der Waals surface area contributed by atoms with Gasteiger partial charge in [0.15, 0.2) is 0 Å². The number of rotatable bonds is 3. The Morgan fingerprint density at radius 3 is 1.89 bits per heavy atom. The van der Waals surface area contributed by atoms with E-state index in [9.17, 15) is 4.21 Å². The minimum absolute atomic E-state index is 0.266. The fourth-order valence-corrected chi connectivity index (χ4v) is 2.28. The normalized spacial score (nSPS) is 13.0. The topological polar surface area (TPSA) is 29.1 Å². The number of benzene rings is 2. The molecule has 0 aliphatic carbocycles. The predicted octanol–water partition coefficient (Wildman–Crippen LogP) is 4.23. The molecule has 2 aromatic rings. The van der Waals surface area contributed by atoms with E-state index in [1.807, 2.05) is 63.2 Å². The highest BCUT2D eigenvalue weighted by Crippen LogP contribution is 2.22. The van der Waals surface area contributed by atoms with Crippen LogP contribution in [0.4, 0.5) is 5.69 Å². The van der Waals surface area contributed by atoms with Gasteiger partial charge >= 0.3 is 0 Å². The third-order valence-electron chi connectivity index (χ3n) is 2.76. The molecule has 0 fully saturated rings. The van der Waals surface area contributed by atoms with Gasteiger partial charge in [0.25, 0.3) is 0 Å². The smallest absolute Gasteiger partial charge is 0.122 e. The fraction of sp³-hybridized carbons (Fsp3) is 0.250. The molecule has 0 spiro atoms. The van der Waals surface area contributed by atoms with E-state index in [1.165, 1.54) is 5.56 Å². The highest BCUT2D eigenvalue weighted by Gasteiger charge is 2.19. The van der Waals surface area contributed by atoms with Crippen molar-refractivity contribution in [1.29, 1.82) is 0 Å². The van der Waals surface area contributed by atoms with Gasteiger partial charge in [0.2, 0.25) is 0 Å². The monoisotopic (exact) mass is 273 g/mol. The summed E-state index contributed by atoms with van der Waals surface area (Å²) < 4.78 is 14.8. The average Bonchev–Trinajstić information content (AvgIpc) is 2.39. The molecule has 0 aromatic heterocycles. The molecular weight excluding hydrogens is 254 g/mol. The van der Waals surface area contributed by atoms with Crippen molar-refractivity contribution in [2.75, 3.05) is 4.72 Å². The average molecular weight is 273 g/mol. The first-order valence-corrected chi connectivity index (χ1v) is 7.46. The second-order valence-electron chi connectivity index (χ2n) is 5.43.